The molecule has 1 unspecified atom stereocenters. The van der Waals surface area contributed by atoms with Crippen LogP contribution in [0.3, 0.4) is 0 Å². The SMILES string of the molecule is CCCCC[C@H]1CCCC[C@@H]1OC[C@]1(O)C[C@@]23C(=C1C(=O)[O-])C[C@@H](CC[C@H]2C)[C@@]31C[NH+](C(N)=NC)CC[C@@H]1CNCCO. The maximum absolute atomic E-state index is 13.1. The van der Waals surface area contributed by atoms with Gasteiger partial charge < -0.3 is 35.9 Å². The summed E-state index contributed by atoms with van der Waals surface area (Å²) in [6, 6.07) is 0. The van der Waals surface area contributed by atoms with Gasteiger partial charge in [-0.15, -0.1) is 0 Å². The van der Waals surface area contributed by atoms with Gasteiger partial charge in [0.15, 0.2) is 0 Å². The Balaban J connectivity index is 1.51. The van der Waals surface area contributed by atoms with E-state index in [1.165, 1.54) is 30.6 Å². The van der Waals surface area contributed by atoms with Crippen LogP contribution in [-0.4, -0.2) is 80.3 Å². The number of nitrogens with one attached hydrogen (secondary N) is 2. The molecule has 0 amide bonds. The molecule has 4 aliphatic carbocycles. The number of quaternary nitrogens is 1. The number of aliphatic imine (C=N–C) groups is 1. The van der Waals surface area contributed by atoms with Crippen molar-refractivity contribution >= 4 is 11.9 Å². The van der Waals surface area contributed by atoms with Crippen LogP contribution in [0.1, 0.15) is 97.3 Å². The number of hydrogen-bond acceptors (Lipinski definition) is 7. The summed E-state index contributed by atoms with van der Waals surface area (Å²) < 4.78 is 6.63. The van der Waals surface area contributed by atoms with E-state index >= 15 is 0 Å². The molecule has 1 saturated heterocycles. The van der Waals surface area contributed by atoms with Gasteiger partial charge in [-0.2, -0.15) is 0 Å². The molecule has 9 heteroatoms. The predicted octanol–water partition coefficient (Wildman–Crippen LogP) is 1.18. The van der Waals surface area contributed by atoms with Crippen LogP contribution < -0.4 is 21.1 Å². The number of likely N-dealkylation sites (tertiary alicyclic amines) is 1. The van der Waals surface area contributed by atoms with Gasteiger partial charge >= 0.3 is 0 Å². The van der Waals surface area contributed by atoms with Gasteiger partial charge in [0.25, 0.3) is 5.96 Å². The first-order valence-electron chi connectivity index (χ1n) is 17.4. The molecule has 2 bridgehead atoms. The fraction of sp³-hybridized carbons (Fsp3) is 0.882. The average Bonchev–Trinajstić information content (AvgIpc) is 3.34. The van der Waals surface area contributed by atoms with Crippen LogP contribution in [0.2, 0.25) is 0 Å². The summed E-state index contributed by atoms with van der Waals surface area (Å²) in [5.41, 5.74) is 5.23. The third-order valence-corrected chi connectivity index (χ3v) is 12.7. The van der Waals surface area contributed by atoms with Gasteiger partial charge in [0.05, 0.1) is 38.4 Å². The Kier molecular flexibility index (Phi) is 10.3. The number of aliphatic hydroxyl groups is 2. The van der Waals surface area contributed by atoms with E-state index in [-0.39, 0.29) is 42.1 Å². The summed E-state index contributed by atoms with van der Waals surface area (Å²) >= 11 is 0. The molecule has 5 rings (SSSR count). The number of nitrogens with zero attached hydrogens (tertiary/aromatic N) is 1. The van der Waals surface area contributed by atoms with E-state index in [0.29, 0.717) is 37.2 Å². The lowest BCUT2D eigenvalue weighted by atomic mass is 9.45. The minimum atomic E-state index is -1.58. The third kappa shape index (κ3) is 5.60. The number of carbonyl (C=O) groups excluding carboxylic acids is 1. The number of carboxylic acids is 1. The maximum Gasteiger partial charge on any atom is 0.293 e. The number of nitrogens with two attached hydrogens (primary N) is 1. The van der Waals surface area contributed by atoms with E-state index in [4.69, 9.17) is 10.5 Å². The van der Waals surface area contributed by atoms with Crippen molar-refractivity contribution in [2.45, 2.75) is 109 Å². The molecular weight excluding hydrogens is 544 g/mol. The molecule has 9 atom stereocenters. The van der Waals surface area contributed by atoms with Gasteiger partial charge in [0.1, 0.15) is 5.60 Å². The first-order chi connectivity index (χ1) is 20.7. The zero-order valence-corrected chi connectivity index (χ0v) is 27.0. The van der Waals surface area contributed by atoms with Crippen LogP contribution in [-0.2, 0) is 9.53 Å². The van der Waals surface area contributed by atoms with Crippen LogP contribution in [0.5, 0.6) is 0 Å². The van der Waals surface area contributed by atoms with Crippen LogP contribution in [0.25, 0.3) is 0 Å². The van der Waals surface area contributed by atoms with E-state index < -0.39 is 17.0 Å². The number of carboxylic acid groups (broad SMARTS) is 1. The second kappa shape index (κ2) is 13.5. The first kappa shape index (κ1) is 32.9. The summed E-state index contributed by atoms with van der Waals surface area (Å²) in [7, 11) is 1.74. The van der Waals surface area contributed by atoms with Crippen molar-refractivity contribution in [3.63, 3.8) is 0 Å². The Morgan fingerprint density at radius 1 is 1.21 bits per heavy atom. The lowest BCUT2D eigenvalue weighted by Crippen LogP contribution is -3.19. The molecule has 43 heavy (non-hydrogen) atoms. The Labute approximate surface area is 258 Å². The van der Waals surface area contributed by atoms with E-state index in [0.717, 1.165) is 70.2 Å². The Morgan fingerprint density at radius 3 is 2.72 bits per heavy atom. The third-order valence-electron chi connectivity index (χ3n) is 12.7. The van der Waals surface area contributed by atoms with Crippen LogP contribution >= 0.6 is 0 Å². The molecule has 4 fully saturated rings. The highest BCUT2D eigenvalue weighted by atomic mass is 16.5. The number of rotatable bonds is 12. The highest BCUT2D eigenvalue weighted by molar-refractivity contribution is 5.90. The molecule has 5 aliphatic rings. The number of aliphatic carboxylic acids is 1. The average molecular weight is 603 g/mol. The van der Waals surface area contributed by atoms with Crippen molar-refractivity contribution in [3.05, 3.63) is 11.1 Å². The van der Waals surface area contributed by atoms with Gasteiger partial charge in [0, 0.05) is 36.4 Å². The van der Waals surface area contributed by atoms with Crippen LogP contribution in [0.4, 0.5) is 0 Å². The molecule has 2 spiro atoms. The summed E-state index contributed by atoms with van der Waals surface area (Å²) in [5, 5.41) is 38.6. The zero-order chi connectivity index (χ0) is 30.8. The van der Waals surface area contributed by atoms with E-state index in [9.17, 15) is 20.1 Å². The number of allylic oxidation sites excluding steroid dienone is 1. The molecule has 1 heterocycles. The number of ether oxygens (including phenoxy) is 1. The van der Waals surface area contributed by atoms with Crippen molar-refractivity contribution in [2.24, 2.45) is 45.2 Å². The van der Waals surface area contributed by atoms with Crippen molar-refractivity contribution in [1.82, 2.24) is 5.32 Å². The summed E-state index contributed by atoms with van der Waals surface area (Å²) in [4.78, 5) is 18.6. The molecular formula is C34H58N4O5. The van der Waals surface area contributed by atoms with E-state index in [1.807, 2.05) is 0 Å². The van der Waals surface area contributed by atoms with Crippen molar-refractivity contribution in [1.29, 1.82) is 0 Å². The molecule has 6 N–H and O–H groups in total. The molecule has 0 aromatic carbocycles. The monoisotopic (exact) mass is 602 g/mol. The maximum atomic E-state index is 13.1. The molecule has 9 nitrogen and oxygen atoms in total. The molecule has 1 aliphatic heterocycles. The van der Waals surface area contributed by atoms with Crippen molar-refractivity contribution < 1.29 is 29.8 Å². The van der Waals surface area contributed by atoms with Crippen LogP contribution in [0, 0.1) is 34.5 Å². The molecule has 0 aromatic heterocycles. The highest BCUT2D eigenvalue weighted by Gasteiger charge is 2.75. The summed E-state index contributed by atoms with van der Waals surface area (Å²) in [5.74, 6) is 0.621. The van der Waals surface area contributed by atoms with Gasteiger partial charge in [-0.1, -0.05) is 51.5 Å². The van der Waals surface area contributed by atoms with Crippen molar-refractivity contribution in [3.8, 4) is 0 Å². The largest absolute Gasteiger partial charge is 0.545 e. The molecule has 244 valence electrons. The number of piperidine rings is 1. The van der Waals surface area contributed by atoms with Gasteiger partial charge in [0.2, 0.25) is 0 Å². The fourth-order valence-corrected chi connectivity index (χ4v) is 10.9. The topological polar surface area (TPSA) is 145 Å². The summed E-state index contributed by atoms with van der Waals surface area (Å²) in [6.45, 7) is 7.53. The standard InChI is InChI=1S/C34H58N4O5/c1-4-5-6-9-24-10-7-8-11-28(24)43-22-32(42)20-33-23(2)12-13-25(18-27(33)29(32)30(40)41)34(33)21-38(31(35)36-3)16-14-26(34)19-37-15-17-39/h23-26,28,37,39,42H,4-22H2,1-3H3,(H2,35,36)(H,40,41)/t23-,24+,25-,26-,28+,32-,33+,34-/m1/s1. The van der Waals surface area contributed by atoms with E-state index in [1.54, 1.807) is 7.05 Å². The Morgan fingerprint density at radius 2 is 2.00 bits per heavy atom. The fourth-order valence-electron chi connectivity index (χ4n) is 10.9. The Bertz CT molecular complexity index is 1070. The lowest BCUT2D eigenvalue weighted by Gasteiger charge is -2.60. The zero-order valence-electron chi connectivity index (χ0n) is 27.0. The first-order valence-corrected chi connectivity index (χ1v) is 17.4. The normalized spacial score (nSPS) is 41.2. The number of unbranched alkanes of at least 4 members (excludes halogenated alkanes) is 2. The number of carbonyl (C=O) groups is 1. The number of aliphatic hydroxyl groups excluding tert-OH is 1. The van der Waals surface area contributed by atoms with Gasteiger partial charge in [-0.25, -0.2) is 4.99 Å². The quantitative estimate of drug-likeness (QED) is 0.128. The number of guanidine groups is 1. The molecule has 0 aromatic rings. The van der Waals surface area contributed by atoms with Gasteiger partial charge in [-0.05, 0) is 75.2 Å². The Hall–Kier alpha value is -1.52. The lowest BCUT2D eigenvalue weighted by molar-refractivity contribution is -0.828. The minimum absolute atomic E-state index is 0.0204. The summed E-state index contributed by atoms with van der Waals surface area (Å²) in [6.07, 6.45) is 13.3. The number of hydrogen-bond donors (Lipinski definition) is 5. The van der Waals surface area contributed by atoms with Crippen LogP contribution in [0.15, 0.2) is 16.1 Å². The smallest absolute Gasteiger partial charge is 0.293 e. The van der Waals surface area contributed by atoms with E-state index in [2.05, 4.69) is 24.2 Å². The molecule has 0 radical (unpaired) electrons. The second-order valence-corrected chi connectivity index (χ2v) is 14.7. The van der Waals surface area contributed by atoms with Gasteiger partial charge in [-0.3, -0.25) is 4.90 Å². The highest BCUT2D eigenvalue weighted by Crippen LogP contribution is 2.76. The predicted molar refractivity (Wildman–Crippen MR) is 165 cm³/mol. The minimum Gasteiger partial charge on any atom is -0.545 e. The molecule has 3 saturated carbocycles. The second-order valence-electron chi connectivity index (χ2n) is 14.7. The van der Waals surface area contributed by atoms with Crippen molar-refractivity contribution in [2.75, 3.05) is 46.4 Å².